The van der Waals surface area contributed by atoms with Crippen molar-refractivity contribution in [2.45, 2.75) is 33.7 Å². The number of benzene rings is 1. The second-order valence-electron chi connectivity index (χ2n) is 5.24. The van der Waals surface area contributed by atoms with Crippen LogP contribution < -0.4 is 4.90 Å². The molecule has 0 aliphatic carbocycles. The number of hydrogen-bond donors (Lipinski definition) is 0. The van der Waals surface area contributed by atoms with Crippen LogP contribution in [0.5, 0.6) is 0 Å². The van der Waals surface area contributed by atoms with Gasteiger partial charge in [-0.15, -0.1) is 5.10 Å². The van der Waals surface area contributed by atoms with Crippen LogP contribution in [0.1, 0.15) is 33.3 Å². The molecule has 0 unspecified atom stereocenters. The van der Waals surface area contributed by atoms with Crippen LogP contribution in [0.3, 0.4) is 0 Å². The molecule has 1 aliphatic rings. The van der Waals surface area contributed by atoms with Crippen LogP contribution in [0, 0.1) is 5.92 Å². The van der Waals surface area contributed by atoms with Crippen molar-refractivity contribution in [1.29, 1.82) is 0 Å². The minimum Gasteiger partial charge on any atom is -0.304 e. The molecule has 1 heterocycles. The summed E-state index contributed by atoms with van der Waals surface area (Å²) in [6.45, 7) is 8.03. The van der Waals surface area contributed by atoms with E-state index in [1.807, 2.05) is 52.0 Å². The van der Waals surface area contributed by atoms with E-state index in [-0.39, 0.29) is 11.9 Å². The Hall–Kier alpha value is -1.97. The number of carbonyl (C=O) groups excluding carboxylic acids is 1. The van der Waals surface area contributed by atoms with Gasteiger partial charge in [-0.05, 0) is 25.8 Å². The van der Waals surface area contributed by atoms with Gasteiger partial charge in [0.15, 0.2) is 5.71 Å². The van der Waals surface area contributed by atoms with E-state index in [1.165, 1.54) is 0 Å². The van der Waals surface area contributed by atoms with Crippen molar-refractivity contribution >= 4 is 23.5 Å². The van der Waals surface area contributed by atoms with E-state index in [1.54, 1.807) is 11.1 Å². The minimum atomic E-state index is -0.0721. The Labute approximate surface area is 113 Å². The summed E-state index contributed by atoms with van der Waals surface area (Å²) < 4.78 is 0. The predicted octanol–water partition coefficient (Wildman–Crippen LogP) is 2.87. The largest absolute Gasteiger partial charge is 0.304 e. The molecular formula is C15H19N3O. The van der Waals surface area contributed by atoms with Gasteiger partial charge in [-0.25, -0.2) is 0 Å². The van der Waals surface area contributed by atoms with Crippen molar-refractivity contribution in [3.8, 4) is 0 Å². The van der Waals surface area contributed by atoms with Gasteiger partial charge >= 0.3 is 0 Å². The summed E-state index contributed by atoms with van der Waals surface area (Å²) in [6, 6.07) is 7.82. The summed E-state index contributed by atoms with van der Waals surface area (Å²) >= 11 is 0. The number of anilines is 1. The highest BCUT2D eigenvalue weighted by Gasteiger charge is 2.35. The van der Waals surface area contributed by atoms with Gasteiger partial charge in [0.1, 0.15) is 0 Å². The SMILES string of the molecule is CC(C)/C=N\N=C1/C(=O)N(C(C)C)c2ccccc21. The molecule has 0 fully saturated rings. The molecule has 0 saturated carbocycles. The number of nitrogens with zero attached hydrogens (tertiary/aromatic N) is 3. The van der Waals surface area contributed by atoms with Gasteiger partial charge in [0.05, 0.1) is 5.69 Å². The Morgan fingerprint density at radius 1 is 1.16 bits per heavy atom. The van der Waals surface area contributed by atoms with E-state index in [0.717, 1.165) is 11.3 Å². The van der Waals surface area contributed by atoms with Crippen molar-refractivity contribution in [3.05, 3.63) is 29.8 Å². The summed E-state index contributed by atoms with van der Waals surface area (Å²) in [7, 11) is 0. The molecular weight excluding hydrogens is 238 g/mol. The lowest BCUT2D eigenvalue weighted by atomic mass is 10.1. The topological polar surface area (TPSA) is 45.0 Å². The Morgan fingerprint density at radius 2 is 1.84 bits per heavy atom. The summed E-state index contributed by atoms with van der Waals surface area (Å²) in [6.07, 6.45) is 1.74. The van der Waals surface area contributed by atoms with E-state index >= 15 is 0 Å². The molecule has 2 rings (SSSR count). The molecule has 0 spiro atoms. The van der Waals surface area contributed by atoms with Crippen molar-refractivity contribution in [1.82, 2.24) is 0 Å². The molecule has 0 aromatic heterocycles. The van der Waals surface area contributed by atoms with Crippen molar-refractivity contribution in [3.63, 3.8) is 0 Å². The number of para-hydroxylation sites is 1. The smallest absolute Gasteiger partial charge is 0.279 e. The first-order chi connectivity index (χ1) is 9.02. The standard InChI is InChI=1S/C15H19N3O/c1-10(2)9-16-17-14-12-7-5-6-8-13(12)18(11(3)4)15(14)19/h5-11H,1-4H3/b16-9-,17-14-. The van der Waals surface area contributed by atoms with E-state index < -0.39 is 0 Å². The first-order valence-electron chi connectivity index (χ1n) is 6.56. The number of hydrogen-bond acceptors (Lipinski definition) is 3. The zero-order valence-corrected chi connectivity index (χ0v) is 11.8. The molecule has 1 aliphatic heterocycles. The normalized spacial score (nSPS) is 17.3. The van der Waals surface area contributed by atoms with Gasteiger partial charge in [0.2, 0.25) is 0 Å². The van der Waals surface area contributed by atoms with Crippen LogP contribution in [0.4, 0.5) is 5.69 Å². The quantitative estimate of drug-likeness (QED) is 0.606. The molecule has 0 atom stereocenters. The van der Waals surface area contributed by atoms with Gasteiger partial charge in [0, 0.05) is 17.8 Å². The Morgan fingerprint density at radius 3 is 2.47 bits per heavy atom. The average Bonchev–Trinajstić information content (AvgIpc) is 2.62. The van der Waals surface area contributed by atoms with Crippen LogP contribution in [-0.2, 0) is 4.79 Å². The van der Waals surface area contributed by atoms with Crippen LogP contribution in [0.2, 0.25) is 0 Å². The molecule has 4 nitrogen and oxygen atoms in total. The molecule has 4 heteroatoms. The lowest BCUT2D eigenvalue weighted by Crippen LogP contribution is -2.35. The van der Waals surface area contributed by atoms with E-state index in [4.69, 9.17) is 0 Å². The summed E-state index contributed by atoms with van der Waals surface area (Å²) in [4.78, 5) is 14.2. The van der Waals surface area contributed by atoms with Gasteiger partial charge in [-0.2, -0.15) is 5.10 Å². The predicted molar refractivity (Wildman–Crippen MR) is 78.9 cm³/mol. The van der Waals surface area contributed by atoms with Crippen LogP contribution in [0.25, 0.3) is 0 Å². The van der Waals surface area contributed by atoms with Gasteiger partial charge in [-0.1, -0.05) is 32.0 Å². The number of rotatable bonds is 3. The molecule has 1 aromatic rings. The Kier molecular flexibility index (Phi) is 3.79. The lowest BCUT2D eigenvalue weighted by Gasteiger charge is -2.20. The molecule has 0 N–H and O–H groups in total. The highest BCUT2D eigenvalue weighted by atomic mass is 16.2. The molecule has 0 radical (unpaired) electrons. The van der Waals surface area contributed by atoms with Crippen LogP contribution >= 0.6 is 0 Å². The van der Waals surface area contributed by atoms with E-state index in [0.29, 0.717) is 11.6 Å². The number of amides is 1. The second kappa shape index (κ2) is 5.34. The summed E-state index contributed by atoms with van der Waals surface area (Å²) in [5.74, 6) is 0.245. The van der Waals surface area contributed by atoms with Crippen molar-refractivity contribution in [2.75, 3.05) is 4.90 Å². The van der Waals surface area contributed by atoms with Crippen molar-refractivity contribution < 1.29 is 4.79 Å². The fourth-order valence-corrected chi connectivity index (χ4v) is 2.06. The number of fused-ring (bicyclic) bond motifs is 1. The molecule has 0 bridgehead atoms. The Bertz CT molecular complexity index is 544. The monoisotopic (exact) mass is 257 g/mol. The van der Waals surface area contributed by atoms with Gasteiger partial charge in [-0.3, -0.25) is 4.79 Å². The molecule has 1 amide bonds. The summed E-state index contributed by atoms with van der Waals surface area (Å²) in [5, 5.41) is 8.12. The first-order valence-corrected chi connectivity index (χ1v) is 6.56. The van der Waals surface area contributed by atoms with E-state index in [9.17, 15) is 4.79 Å². The lowest BCUT2D eigenvalue weighted by molar-refractivity contribution is -0.112. The summed E-state index contributed by atoms with van der Waals surface area (Å²) in [5.41, 5.74) is 2.21. The van der Waals surface area contributed by atoms with E-state index in [2.05, 4.69) is 10.2 Å². The zero-order chi connectivity index (χ0) is 14.0. The number of carbonyl (C=O) groups is 1. The Balaban J connectivity index is 2.44. The molecule has 1 aromatic carbocycles. The minimum absolute atomic E-state index is 0.0721. The third-order valence-corrected chi connectivity index (χ3v) is 2.88. The fraction of sp³-hybridized carbons (Fsp3) is 0.400. The fourth-order valence-electron chi connectivity index (χ4n) is 2.06. The van der Waals surface area contributed by atoms with Crippen molar-refractivity contribution in [2.24, 2.45) is 16.1 Å². The zero-order valence-electron chi connectivity index (χ0n) is 11.8. The van der Waals surface area contributed by atoms with Gasteiger partial charge < -0.3 is 4.90 Å². The highest BCUT2D eigenvalue weighted by Crippen LogP contribution is 2.30. The molecule has 100 valence electrons. The van der Waals surface area contributed by atoms with Crippen LogP contribution in [-0.4, -0.2) is 23.9 Å². The second-order valence-corrected chi connectivity index (χ2v) is 5.24. The molecule has 0 saturated heterocycles. The van der Waals surface area contributed by atoms with Gasteiger partial charge in [0.25, 0.3) is 5.91 Å². The third kappa shape index (κ3) is 2.57. The van der Waals surface area contributed by atoms with Crippen LogP contribution in [0.15, 0.2) is 34.5 Å². The highest BCUT2D eigenvalue weighted by molar-refractivity contribution is 6.54. The molecule has 19 heavy (non-hydrogen) atoms. The third-order valence-electron chi connectivity index (χ3n) is 2.88. The maximum absolute atomic E-state index is 12.4. The maximum Gasteiger partial charge on any atom is 0.279 e. The maximum atomic E-state index is 12.4. The first kappa shape index (κ1) is 13.5. The average molecular weight is 257 g/mol.